The van der Waals surface area contributed by atoms with E-state index in [1.165, 1.54) is 40.7 Å². The van der Waals surface area contributed by atoms with Crippen molar-refractivity contribution in [2.45, 2.75) is 24.7 Å². The number of anilines is 1. The third-order valence-electron chi connectivity index (χ3n) is 4.27. The van der Waals surface area contributed by atoms with Gasteiger partial charge in [-0.1, -0.05) is 6.07 Å². The second kappa shape index (κ2) is 8.06. The van der Waals surface area contributed by atoms with Crippen molar-refractivity contribution in [1.82, 2.24) is 4.31 Å². The fourth-order valence-corrected chi connectivity index (χ4v) is 4.64. The van der Waals surface area contributed by atoms with Crippen LogP contribution in [0.3, 0.4) is 0 Å². The minimum Gasteiger partial charge on any atom is -0.492 e. The van der Waals surface area contributed by atoms with E-state index in [0.717, 1.165) is 12.8 Å². The molecule has 1 heterocycles. The molecule has 0 aliphatic carbocycles. The van der Waals surface area contributed by atoms with E-state index >= 15 is 0 Å². The van der Waals surface area contributed by atoms with Crippen molar-refractivity contribution in [2.75, 3.05) is 25.0 Å². The van der Waals surface area contributed by atoms with Gasteiger partial charge in [0.25, 0.3) is 5.91 Å². The van der Waals surface area contributed by atoms with Crippen LogP contribution < -0.4 is 10.1 Å². The number of nitrogens with zero attached hydrogens (tertiary/aromatic N) is 1. The average Bonchev–Trinajstić information content (AvgIpc) is 3.17. The molecule has 3 rings (SSSR count). The lowest BCUT2D eigenvalue weighted by atomic mass is 10.2. The Hall–Kier alpha value is -2.45. The first-order chi connectivity index (χ1) is 12.9. The van der Waals surface area contributed by atoms with Crippen LogP contribution in [0.1, 0.15) is 30.1 Å². The zero-order chi connectivity index (χ0) is 19.4. The highest BCUT2D eigenvalue weighted by molar-refractivity contribution is 7.89. The Kier molecular flexibility index (Phi) is 5.76. The lowest BCUT2D eigenvalue weighted by Crippen LogP contribution is -2.28. The van der Waals surface area contributed by atoms with Gasteiger partial charge in [0.1, 0.15) is 16.5 Å². The minimum absolute atomic E-state index is 0.0295. The number of hydrogen-bond acceptors (Lipinski definition) is 4. The highest BCUT2D eigenvalue weighted by atomic mass is 32.2. The summed E-state index contributed by atoms with van der Waals surface area (Å²) in [5.74, 6) is -0.787. The van der Waals surface area contributed by atoms with E-state index in [4.69, 9.17) is 4.74 Å². The summed E-state index contributed by atoms with van der Waals surface area (Å²) in [6, 6.07) is 9.77. The standard InChI is InChI=1S/C19H21FN2O4S/c1-2-26-17-9-8-14(19(23)21-16-7-5-6-15(20)13-16)12-18(17)27(24,25)22-10-3-4-11-22/h5-9,12-13H,2-4,10-11H2,1H3,(H,21,23). The van der Waals surface area contributed by atoms with E-state index in [9.17, 15) is 17.6 Å². The topological polar surface area (TPSA) is 75.7 Å². The Morgan fingerprint density at radius 3 is 2.59 bits per heavy atom. The third kappa shape index (κ3) is 4.28. The van der Waals surface area contributed by atoms with E-state index < -0.39 is 21.7 Å². The highest BCUT2D eigenvalue weighted by Gasteiger charge is 2.30. The van der Waals surface area contributed by atoms with Crippen molar-refractivity contribution < 1.29 is 22.3 Å². The summed E-state index contributed by atoms with van der Waals surface area (Å²) in [7, 11) is -3.76. The zero-order valence-electron chi connectivity index (χ0n) is 14.9. The molecule has 2 aromatic rings. The molecule has 144 valence electrons. The zero-order valence-corrected chi connectivity index (χ0v) is 15.8. The molecule has 0 bridgehead atoms. The van der Waals surface area contributed by atoms with Crippen LogP contribution in [-0.2, 0) is 10.0 Å². The largest absolute Gasteiger partial charge is 0.492 e. The Morgan fingerprint density at radius 2 is 1.93 bits per heavy atom. The van der Waals surface area contributed by atoms with Gasteiger partial charge in [0, 0.05) is 24.3 Å². The number of amides is 1. The molecule has 1 amide bonds. The van der Waals surface area contributed by atoms with Crippen LogP contribution >= 0.6 is 0 Å². The van der Waals surface area contributed by atoms with E-state index in [0.29, 0.717) is 19.7 Å². The molecule has 0 unspecified atom stereocenters. The summed E-state index contributed by atoms with van der Waals surface area (Å²) in [6.45, 7) is 2.97. The minimum atomic E-state index is -3.76. The maximum Gasteiger partial charge on any atom is 0.255 e. The maximum atomic E-state index is 13.3. The smallest absolute Gasteiger partial charge is 0.255 e. The summed E-state index contributed by atoms with van der Waals surface area (Å²) >= 11 is 0. The SMILES string of the molecule is CCOc1ccc(C(=O)Nc2cccc(F)c2)cc1S(=O)(=O)N1CCCC1. The Bertz CT molecular complexity index is 940. The van der Waals surface area contributed by atoms with Crippen LogP contribution in [0.25, 0.3) is 0 Å². The van der Waals surface area contributed by atoms with Gasteiger partial charge in [0.2, 0.25) is 10.0 Å². The first-order valence-corrected chi connectivity index (χ1v) is 10.2. The summed E-state index contributed by atoms with van der Waals surface area (Å²) in [5.41, 5.74) is 0.443. The number of benzene rings is 2. The Balaban J connectivity index is 1.94. The van der Waals surface area contributed by atoms with E-state index in [1.54, 1.807) is 13.0 Å². The lowest BCUT2D eigenvalue weighted by molar-refractivity contribution is 0.102. The Morgan fingerprint density at radius 1 is 1.19 bits per heavy atom. The molecule has 2 aromatic carbocycles. The molecular formula is C19H21FN2O4S. The number of nitrogens with one attached hydrogen (secondary N) is 1. The first-order valence-electron chi connectivity index (χ1n) is 8.75. The van der Waals surface area contributed by atoms with Gasteiger partial charge in [-0.15, -0.1) is 0 Å². The van der Waals surface area contributed by atoms with E-state index in [2.05, 4.69) is 5.32 Å². The number of halogens is 1. The highest BCUT2D eigenvalue weighted by Crippen LogP contribution is 2.30. The number of carbonyl (C=O) groups excluding carboxylic acids is 1. The fourth-order valence-electron chi connectivity index (χ4n) is 2.96. The Labute approximate surface area is 158 Å². The molecule has 0 saturated carbocycles. The van der Waals surface area contributed by atoms with Gasteiger partial charge in [-0.25, -0.2) is 12.8 Å². The number of hydrogen-bond donors (Lipinski definition) is 1. The third-order valence-corrected chi connectivity index (χ3v) is 6.19. The summed E-state index contributed by atoms with van der Waals surface area (Å²) in [4.78, 5) is 12.5. The summed E-state index contributed by atoms with van der Waals surface area (Å²) in [5, 5.41) is 2.57. The van der Waals surface area contributed by atoms with Crippen LogP contribution in [-0.4, -0.2) is 38.3 Å². The molecule has 1 aliphatic heterocycles. The van der Waals surface area contributed by atoms with Crippen molar-refractivity contribution in [1.29, 1.82) is 0 Å². The molecule has 0 spiro atoms. The number of ether oxygens (including phenoxy) is 1. The molecule has 1 fully saturated rings. The van der Waals surface area contributed by atoms with Crippen LogP contribution in [0, 0.1) is 5.82 Å². The number of sulfonamides is 1. The van der Waals surface area contributed by atoms with Crippen molar-refractivity contribution in [3.05, 3.63) is 53.8 Å². The predicted octanol–water partition coefficient (Wildman–Crippen LogP) is 3.26. The van der Waals surface area contributed by atoms with Gasteiger partial charge in [-0.05, 0) is 56.2 Å². The quantitative estimate of drug-likeness (QED) is 0.819. The van der Waals surface area contributed by atoms with Crippen LogP contribution in [0.2, 0.25) is 0 Å². The van der Waals surface area contributed by atoms with Crippen molar-refractivity contribution in [3.63, 3.8) is 0 Å². The molecule has 1 saturated heterocycles. The molecule has 1 N–H and O–H groups in total. The summed E-state index contributed by atoms with van der Waals surface area (Å²) in [6.07, 6.45) is 1.62. The van der Waals surface area contributed by atoms with Crippen LogP contribution in [0.15, 0.2) is 47.4 Å². The van der Waals surface area contributed by atoms with Crippen LogP contribution in [0.4, 0.5) is 10.1 Å². The van der Waals surface area contributed by atoms with Crippen LogP contribution in [0.5, 0.6) is 5.75 Å². The van der Waals surface area contributed by atoms with Gasteiger partial charge < -0.3 is 10.1 Å². The molecule has 1 aliphatic rings. The molecule has 0 aromatic heterocycles. The monoisotopic (exact) mass is 392 g/mol. The van der Waals surface area contributed by atoms with Gasteiger partial charge in [-0.3, -0.25) is 4.79 Å². The molecule has 27 heavy (non-hydrogen) atoms. The van der Waals surface area contributed by atoms with Crippen molar-refractivity contribution >= 4 is 21.6 Å². The normalized spacial score (nSPS) is 14.9. The molecular weight excluding hydrogens is 371 g/mol. The number of rotatable bonds is 6. The lowest BCUT2D eigenvalue weighted by Gasteiger charge is -2.19. The van der Waals surface area contributed by atoms with E-state index in [1.807, 2.05) is 0 Å². The molecule has 8 heteroatoms. The second-order valence-electron chi connectivity index (χ2n) is 6.17. The van der Waals surface area contributed by atoms with Gasteiger partial charge in [0.05, 0.1) is 6.61 Å². The molecule has 0 radical (unpaired) electrons. The predicted molar refractivity (Wildman–Crippen MR) is 100.0 cm³/mol. The van der Waals surface area contributed by atoms with Gasteiger partial charge in [0.15, 0.2) is 0 Å². The fraction of sp³-hybridized carbons (Fsp3) is 0.316. The maximum absolute atomic E-state index is 13.3. The summed E-state index contributed by atoms with van der Waals surface area (Å²) < 4.78 is 46.1. The first kappa shape index (κ1) is 19.3. The molecule has 0 atom stereocenters. The van der Waals surface area contributed by atoms with Crippen molar-refractivity contribution in [2.24, 2.45) is 0 Å². The molecule has 6 nitrogen and oxygen atoms in total. The van der Waals surface area contributed by atoms with Gasteiger partial charge in [-0.2, -0.15) is 4.31 Å². The average molecular weight is 392 g/mol. The number of carbonyl (C=O) groups is 1. The second-order valence-corrected chi connectivity index (χ2v) is 8.08. The van der Waals surface area contributed by atoms with E-state index in [-0.39, 0.29) is 21.9 Å². The van der Waals surface area contributed by atoms with Crippen molar-refractivity contribution in [3.8, 4) is 5.75 Å². The van der Waals surface area contributed by atoms with Gasteiger partial charge >= 0.3 is 0 Å².